The number of fused-ring (bicyclic) bond motifs is 1. The van der Waals surface area contributed by atoms with Gasteiger partial charge in [-0.05, 0) is 123 Å². The summed E-state index contributed by atoms with van der Waals surface area (Å²) in [5.74, 6) is 0.288. The number of ketones is 1. The number of benzene rings is 2. The Morgan fingerprint density at radius 1 is 0.909 bits per heavy atom. The number of anilines is 3. The van der Waals surface area contributed by atoms with Crippen LogP contribution in [0.5, 0.6) is 5.75 Å². The summed E-state index contributed by atoms with van der Waals surface area (Å²) in [6.07, 6.45) is 5.38. The lowest BCUT2D eigenvalue weighted by atomic mass is 9.87. The zero-order valence-electron chi connectivity index (χ0n) is 44.4. The van der Waals surface area contributed by atoms with Gasteiger partial charge in [0, 0.05) is 92.2 Å². The summed E-state index contributed by atoms with van der Waals surface area (Å²) in [7, 11) is -2.18. The van der Waals surface area contributed by atoms with Gasteiger partial charge in [-0.2, -0.15) is 5.10 Å². The second-order valence-corrected chi connectivity index (χ2v) is 24.5. The molecule has 7 heterocycles. The van der Waals surface area contributed by atoms with Crippen molar-refractivity contribution in [1.29, 1.82) is 0 Å². The van der Waals surface area contributed by atoms with Gasteiger partial charge in [0.1, 0.15) is 57.8 Å². The average molecular weight is 1090 g/mol. The van der Waals surface area contributed by atoms with Crippen LogP contribution in [0.15, 0.2) is 71.3 Å². The number of pyridine rings is 1. The van der Waals surface area contributed by atoms with Gasteiger partial charge in [0.2, 0.25) is 17.6 Å². The highest BCUT2D eigenvalue weighted by molar-refractivity contribution is 7.92. The monoisotopic (exact) mass is 1090 g/mol. The highest BCUT2D eigenvalue weighted by Gasteiger charge is 2.42. The van der Waals surface area contributed by atoms with Gasteiger partial charge in [0.15, 0.2) is 15.7 Å². The molecule has 23 heteroatoms. The fourth-order valence-electron chi connectivity index (χ4n) is 9.89. The maximum Gasteiger partial charge on any atom is 0.255 e. The van der Waals surface area contributed by atoms with E-state index in [1.807, 2.05) is 19.9 Å². The van der Waals surface area contributed by atoms with Gasteiger partial charge in [-0.15, -0.1) is 11.3 Å². The van der Waals surface area contributed by atoms with Crippen molar-refractivity contribution in [2.75, 3.05) is 76.2 Å². The summed E-state index contributed by atoms with van der Waals surface area (Å²) >= 11 is 1.30. The SMILES string of the molecule is CN[C@@H](C)C(=O)N[C@H](C(=O)N1CCC[C@H]1c1nc(C(=O)c2ccc(F)cc2)cs1)C1CCN(C(=O)c2ccc(N3CCN(CCOc4cc5ncnc(Nc6n[nH]c(C)c6C)c5cc4S(=O)(=O)C(C)(C)C)CC3)nc2)CC1. The number of likely N-dealkylation sites (N-methyl/N-ethyl adjacent to an activating group) is 1. The Morgan fingerprint density at radius 3 is 2.30 bits per heavy atom. The van der Waals surface area contributed by atoms with Gasteiger partial charge in [-0.1, -0.05) is 0 Å². The molecule has 3 atom stereocenters. The molecule has 6 aromatic rings. The number of hydrogen-bond donors (Lipinski definition) is 4. The molecule has 408 valence electrons. The van der Waals surface area contributed by atoms with Crippen LogP contribution in [-0.4, -0.2) is 160 Å². The minimum atomic E-state index is -3.86. The number of hydrogen-bond acceptors (Lipinski definition) is 17. The lowest BCUT2D eigenvalue weighted by Crippen LogP contribution is -2.57. The maximum atomic E-state index is 14.6. The molecule has 4 aromatic heterocycles. The molecular formula is C54H66FN13O7S2. The molecule has 9 rings (SSSR count). The number of piperidine rings is 1. The van der Waals surface area contributed by atoms with Gasteiger partial charge >= 0.3 is 0 Å². The van der Waals surface area contributed by atoms with Crippen molar-refractivity contribution in [2.45, 2.75) is 95.0 Å². The molecule has 3 fully saturated rings. The molecule has 0 bridgehead atoms. The van der Waals surface area contributed by atoms with Crippen LogP contribution in [0.25, 0.3) is 10.9 Å². The predicted octanol–water partition coefficient (Wildman–Crippen LogP) is 6.02. The first-order chi connectivity index (χ1) is 36.8. The number of carbonyl (C=O) groups excluding carboxylic acids is 4. The van der Waals surface area contributed by atoms with Crippen molar-refractivity contribution >= 4 is 73.0 Å². The van der Waals surface area contributed by atoms with E-state index in [1.165, 1.54) is 41.9 Å². The molecule has 3 aliphatic rings. The number of halogens is 1. The number of aryl methyl sites for hydroxylation is 1. The largest absolute Gasteiger partial charge is 0.491 e. The van der Waals surface area contributed by atoms with Crippen LogP contribution in [-0.2, 0) is 19.4 Å². The lowest BCUT2D eigenvalue weighted by molar-refractivity contribution is -0.139. The molecule has 2 aromatic carbocycles. The maximum absolute atomic E-state index is 14.6. The van der Waals surface area contributed by atoms with Crippen molar-refractivity contribution in [2.24, 2.45) is 5.92 Å². The second-order valence-electron chi connectivity index (χ2n) is 20.9. The molecule has 77 heavy (non-hydrogen) atoms. The molecule has 3 amide bonds. The van der Waals surface area contributed by atoms with Crippen LogP contribution in [0.3, 0.4) is 0 Å². The Hall–Kier alpha value is -6.95. The van der Waals surface area contributed by atoms with Gasteiger partial charge in [-0.25, -0.2) is 32.7 Å². The first-order valence-corrected chi connectivity index (χ1v) is 28.4. The minimum Gasteiger partial charge on any atom is -0.491 e. The third-order valence-corrected chi connectivity index (χ3v) is 18.5. The Bertz CT molecular complexity index is 3240. The van der Waals surface area contributed by atoms with E-state index in [-0.39, 0.29) is 58.4 Å². The third-order valence-electron chi connectivity index (χ3n) is 15.0. The van der Waals surface area contributed by atoms with E-state index >= 15 is 0 Å². The number of piperazine rings is 1. The number of likely N-dealkylation sites (tertiary alicyclic amines) is 2. The van der Waals surface area contributed by atoms with E-state index in [9.17, 15) is 32.0 Å². The standard InChI is InChI=1S/C54H66FN13O7S2/c1-32-33(2)63-64-48(32)62-49-39-27-44(77(73,74)54(4,5)6)43(28-40(39)58-31-59-49)75-26-25-65-21-23-66(24-22-65)45-15-12-37(29-57-45)52(71)67-19-16-35(17-20-67)46(61-50(70)34(3)56-7)53(72)68-18-8-9-42(68)51-60-41(30-76-51)47(69)36-10-13-38(55)14-11-36/h10-15,27-31,34-35,42,46,56H,8-9,16-26H2,1-7H3,(H,61,70)(H2,58,59,62,63,64)/t34-,42-,46-/m0/s1. The highest BCUT2D eigenvalue weighted by Crippen LogP contribution is 2.39. The Morgan fingerprint density at radius 2 is 1.64 bits per heavy atom. The van der Waals surface area contributed by atoms with Crippen molar-refractivity contribution in [3.63, 3.8) is 0 Å². The summed E-state index contributed by atoms with van der Waals surface area (Å²) < 4.78 is 46.8. The summed E-state index contributed by atoms with van der Waals surface area (Å²) in [6.45, 7) is 15.4. The van der Waals surface area contributed by atoms with Crippen LogP contribution in [0.4, 0.5) is 21.8 Å². The van der Waals surface area contributed by atoms with E-state index in [0.717, 1.165) is 23.5 Å². The van der Waals surface area contributed by atoms with E-state index in [4.69, 9.17) is 9.72 Å². The molecule has 3 saturated heterocycles. The average Bonchev–Trinajstić information content (AvgIpc) is 4.24. The smallest absolute Gasteiger partial charge is 0.255 e. The van der Waals surface area contributed by atoms with E-state index in [0.29, 0.717) is 110 Å². The molecular weight excluding hydrogens is 1030 g/mol. The zero-order chi connectivity index (χ0) is 54.8. The Kier molecular flexibility index (Phi) is 16.3. The van der Waals surface area contributed by atoms with Crippen LogP contribution in [0, 0.1) is 25.6 Å². The topological polar surface area (TPSA) is 241 Å². The fraction of sp³-hybridized carbons (Fsp3) is 0.463. The number of thiazole rings is 1. The van der Waals surface area contributed by atoms with Crippen LogP contribution >= 0.6 is 11.3 Å². The molecule has 20 nitrogen and oxygen atoms in total. The number of aromatic amines is 1. The molecule has 0 radical (unpaired) electrons. The Labute approximate surface area is 451 Å². The Balaban J connectivity index is 0.787. The molecule has 0 unspecified atom stereocenters. The zero-order valence-corrected chi connectivity index (χ0v) is 46.1. The van der Waals surface area contributed by atoms with Crippen LogP contribution < -0.4 is 25.6 Å². The lowest BCUT2D eigenvalue weighted by Gasteiger charge is -2.38. The summed E-state index contributed by atoms with van der Waals surface area (Å²) in [5.41, 5.74) is 3.34. The summed E-state index contributed by atoms with van der Waals surface area (Å²) in [6, 6.07) is 10.5. The second kappa shape index (κ2) is 22.9. The third kappa shape index (κ3) is 11.8. The van der Waals surface area contributed by atoms with E-state index < -0.39 is 32.5 Å². The normalized spacial score (nSPS) is 17.6. The van der Waals surface area contributed by atoms with Gasteiger partial charge in [0.05, 0.1) is 27.9 Å². The van der Waals surface area contributed by atoms with Crippen molar-refractivity contribution in [3.8, 4) is 5.75 Å². The number of H-pyrrole nitrogens is 1. The molecule has 0 saturated carbocycles. The van der Waals surface area contributed by atoms with Crippen LogP contribution in [0.1, 0.15) is 102 Å². The number of carbonyl (C=O) groups is 4. The first kappa shape index (κ1) is 54.8. The van der Waals surface area contributed by atoms with E-state index in [1.54, 1.807) is 74.3 Å². The number of ether oxygens (including phenoxy) is 1. The van der Waals surface area contributed by atoms with Crippen molar-refractivity contribution in [3.05, 3.63) is 105 Å². The highest BCUT2D eigenvalue weighted by atomic mass is 32.2. The van der Waals surface area contributed by atoms with E-state index in [2.05, 4.69) is 50.9 Å². The van der Waals surface area contributed by atoms with Crippen LogP contribution in [0.2, 0.25) is 0 Å². The van der Waals surface area contributed by atoms with Gasteiger partial charge in [-0.3, -0.25) is 29.2 Å². The van der Waals surface area contributed by atoms with Gasteiger partial charge < -0.3 is 35.4 Å². The molecule has 0 aliphatic carbocycles. The number of aromatic nitrogens is 6. The summed E-state index contributed by atoms with van der Waals surface area (Å²) in [5, 5.41) is 19.3. The fourth-order valence-corrected chi connectivity index (χ4v) is 12.1. The summed E-state index contributed by atoms with van der Waals surface area (Å²) in [4.78, 5) is 81.3. The van der Waals surface area contributed by atoms with Gasteiger partial charge in [0.25, 0.3) is 5.91 Å². The van der Waals surface area contributed by atoms with Crippen molar-refractivity contribution < 1.29 is 36.7 Å². The number of rotatable bonds is 17. The molecule has 4 N–H and O–H groups in total. The minimum absolute atomic E-state index is 0.0614. The number of nitrogens with zero attached hydrogens (tertiary/aromatic N) is 9. The number of sulfone groups is 1. The number of nitrogens with one attached hydrogen (secondary N) is 4. The number of amides is 3. The van der Waals surface area contributed by atoms with Crippen molar-refractivity contribution in [1.82, 2.24) is 55.5 Å². The first-order valence-electron chi connectivity index (χ1n) is 26.0. The molecule has 0 spiro atoms. The quantitative estimate of drug-likeness (QED) is 0.0764. The predicted molar refractivity (Wildman–Crippen MR) is 291 cm³/mol. The molecule has 3 aliphatic heterocycles.